The maximum absolute atomic E-state index is 13.3. The number of hydrogen-bond donors (Lipinski definition) is 3. The maximum Gasteiger partial charge on any atom is 0.255 e. The zero-order valence-electron chi connectivity index (χ0n) is 18.0. The van der Waals surface area contributed by atoms with Crippen LogP contribution in [0.5, 0.6) is 0 Å². The first-order chi connectivity index (χ1) is 15.5. The number of aromatic nitrogens is 3. The predicted molar refractivity (Wildman–Crippen MR) is 125 cm³/mol. The minimum absolute atomic E-state index is 0.309. The first-order valence-corrected chi connectivity index (χ1v) is 12.2. The molecule has 0 radical (unpaired) electrons. The number of imidazole rings is 1. The number of pyridine rings is 1. The number of carbonyl (C=O) groups is 1. The Balaban J connectivity index is 1.62. The van der Waals surface area contributed by atoms with Crippen molar-refractivity contribution in [2.45, 2.75) is 30.6 Å². The number of nitrogens with zero attached hydrogens (tertiary/aromatic N) is 2. The molecule has 1 aliphatic rings. The highest BCUT2D eigenvalue weighted by Gasteiger charge is 2.21. The quantitative estimate of drug-likeness (QED) is 0.472. The molecule has 0 bridgehead atoms. The summed E-state index contributed by atoms with van der Waals surface area (Å²) in [6.07, 6.45) is 6.60. The molecule has 3 aromatic rings. The number of fused-ring (bicyclic) bond motifs is 1. The molecule has 32 heavy (non-hydrogen) atoms. The van der Waals surface area contributed by atoms with Gasteiger partial charge < -0.3 is 15.5 Å². The number of rotatable bonds is 7. The van der Waals surface area contributed by atoms with Gasteiger partial charge in [-0.2, -0.15) is 4.98 Å². The highest BCUT2D eigenvalue weighted by Crippen LogP contribution is 2.26. The summed E-state index contributed by atoms with van der Waals surface area (Å²) in [4.78, 5) is 25.5. The number of nitrogens with two attached hydrogens (primary N) is 1. The van der Waals surface area contributed by atoms with Crippen LogP contribution in [0, 0.1) is 5.92 Å². The number of hydrogen-bond acceptors (Lipinski definition) is 6. The number of benzene rings is 1. The molecule has 1 fully saturated rings. The number of nitrogens with one attached hydrogen (secondary N) is 2. The summed E-state index contributed by atoms with van der Waals surface area (Å²) in [6.45, 7) is 1.50. The first kappa shape index (κ1) is 22.2. The molecule has 1 atom stereocenters. The Bertz CT molecular complexity index is 1130. The Labute approximate surface area is 189 Å². The van der Waals surface area contributed by atoms with E-state index in [4.69, 9.17) is 10.5 Å². The van der Waals surface area contributed by atoms with E-state index in [0.717, 1.165) is 38.0 Å². The molecule has 4 N–H and O–H groups in total. The van der Waals surface area contributed by atoms with E-state index in [-0.39, 0.29) is 5.91 Å². The number of carbonyl (C=O) groups excluding carboxylic acids is 1. The molecule has 1 aromatic carbocycles. The van der Waals surface area contributed by atoms with Gasteiger partial charge in [0.1, 0.15) is 0 Å². The van der Waals surface area contributed by atoms with Gasteiger partial charge in [-0.3, -0.25) is 14.3 Å². The van der Waals surface area contributed by atoms with Gasteiger partial charge in [0.15, 0.2) is 5.65 Å². The van der Waals surface area contributed by atoms with Crippen molar-refractivity contribution in [3.63, 3.8) is 0 Å². The van der Waals surface area contributed by atoms with Gasteiger partial charge in [-0.1, -0.05) is 12.1 Å². The van der Waals surface area contributed by atoms with Crippen LogP contribution < -0.4 is 11.1 Å². The molecule has 8 nitrogen and oxygen atoms in total. The van der Waals surface area contributed by atoms with E-state index in [0.29, 0.717) is 45.7 Å². The van der Waals surface area contributed by atoms with Gasteiger partial charge in [0.25, 0.3) is 5.91 Å². The molecule has 3 heterocycles. The number of aromatic amines is 1. The third-order valence-corrected chi connectivity index (χ3v) is 6.63. The van der Waals surface area contributed by atoms with Crippen molar-refractivity contribution in [2.75, 3.05) is 24.8 Å². The zero-order valence-corrected chi connectivity index (χ0v) is 18.8. The van der Waals surface area contributed by atoms with Gasteiger partial charge >= 0.3 is 0 Å². The van der Waals surface area contributed by atoms with Crippen LogP contribution in [0.1, 0.15) is 31.2 Å². The molecule has 9 heteroatoms. The Morgan fingerprint density at radius 2 is 2.09 bits per heavy atom. The molecular weight excluding hydrogens is 426 g/mol. The van der Waals surface area contributed by atoms with E-state index in [2.05, 4.69) is 20.3 Å². The fourth-order valence-corrected chi connectivity index (χ4v) is 4.42. The molecule has 1 amide bonds. The van der Waals surface area contributed by atoms with Gasteiger partial charge in [-0.15, -0.1) is 0 Å². The number of H-pyrrole nitrogens is 1. The number of amides is 1. The van der Waals surface area contributed by atoms with Crippen LogP contribution in [-0.4, -0.2) is 44.5 Å². The summed E-state index contributed by atoms with van der Waals surface area (Å²) in [5, 5.41) is 2.84. The molecule has 1 unspecified atom stereocenters. The Hall–Kier alpha value is -3.04. The summed E-state index contributed by atoms with van der Waals surface area (Å²) in [5.74, 6) is 0.504. The minimum Gasteiger partial charge on any atom is -0.398 e. The second-order valence-electron chi connectivity index (χ2n) is 7.88. The average molecular weight is 454 g/mol. The van der Waals surface area contributed by atoms with E-state index in [9.17, 15) is 9.00 Å². The molecule has 2 aromatic heterocycles. The fourth-order valence-electron chi connectivity index (χ4n) is 3.86. The molecular formula is C23H27N5O3S. The van der Waals surface area contributed by atoms with Crippen LogP contribution in [0.2, 0.25) is 0 Å². The van der Waals surface area contributed by atoms with Crippen molar-refractivity contribution in [1.82, 2.24) is 15.0 Å². The minimum atomic E-state index is -1.14. The lowest BCUT2D eigenvalue weighted by Gasteiger charge is -2.22. The molecule has 4 rings (SSSR count). The van der Waals surface area contributed by atoms with E-state index in [1.165, 1.54) is 0 Å². The summed E-state index contributed by atoms with van der Waals surface area (Å²) < 4.78 is 17.4. The molecule has 168 valence electrons. The highest BCUT2D eigenvalue weighted by atomic mass is 32.2. The van der Waals surface area contributed by atoms with E-state index < -0.39 is 10.8 Å². The monoisotopic (exact) mass is 453 g/mol. The van der Waals surface area contributed by atoms with Crippen LogP contribution in [0.3, 0.4) is 0 Å². The van der Waals surface area contributed by atoms with Gasteiger partial charge in [0, 0.05) is 52.6 Å². The van der Waals surface area contributed by atoms with Crippen LogP contribution in [0.4, 0.5) is 5.95 Å². The van der Waals surface area contributed by atoms with E-state index >= 15 is 0 Å². The molecule has 0 spiro atoms. The molecule has 0 saturated carbocycles. The topological polar surface area (TPSA) is 123 Å². The molecule has 0 aliphatic carbocycles. The fraction of sp³-hybridized carbons (Fsp3) is 0.348. The summed E-state index contributed by atoms with van der Waals surface area (Å²) in [5.41, 5.74) is 9.33. The summed E-state index contributed by atoms with van der Waals surface area (Å²) >= 11 is 0. The Kier molecular flexibility index (Phi) is 6.96. The third-order valence-electron chi connectivity index (χ3n) is 5.71. The van der Waals surface area contributed by atoms with Crippen molar-refractivity contribution >= 4 is 39.5 Å². The van der Waals surface area contributed by atoms with Gasteiger partial charge in [-0.25, -0.2) is 4.98 Å². The molecule has 1 saturated heterocycles. The average Bonchev–Trinajstić information content (AvgIpc) is 3.22. The van der Waals surface area contributed by atoms with Crippen molar-refractivity contribution in [3.8, 4) is 0 Å². The second-order valence-corrected chi connectivity index (χ2v) is 9.26. The summed E-state index contributed by atoms with van der Waals surface area (Å²) in [6, 6.07) is 10.8. The molecule has 1 aliphatic heterocycles. The van der Waals surface area contributed by atoms with Gasteiger partial charge in [0.2, 0.25) is 5.95 Å². The van der Waals surface area contributed by atoms with Crippen molar-refractivity contribution in [3.05, 3.63) is 53.7 Å². The van der Waals surface area contributed by atoms with Crippen LogP contribution in [-0.2, 0) is 20.3 Å². The predicted octanol–water partition coefficient (Wildman–Crippen LogP) is 3.21. The largest absolute Gasteiger partial charge is 0.398 e. The smallest absolute Gasteiger partial charge is 0.255 e. The van der Waals surface area contributed by atoms with E-state index in [1.54, 1.807) is 36.7 Å². The lowest BCUT2D eigenvalue weighted by molar-refractivity contribution is -0.113. The standard InChI is InChI=1S/C23H27N5O3S/c1-32(30)17-5-2-4-16(14-17)20(24)18(8-7-15-9-12-31-13-10-15)22(29)28-23-26-19-6-3-11-25-21(19)27-23/h2-6,11,14-15H,7-10,12-13,24H2,1H3,(H2,25,26,27,28,29)/b20-18-. The van der Waals surface area contributed by atoms with Crippen molar-refractivity contribution in [1.29, 1.82) is 0 Å². The maximum atomic E-state index is 13.3. The van der Waals surface area contributed by atoms with Crippen LogP contribution in [0.25, 0.3) is 16.9 Å². The first-order valence-electron chi connectivity index (χ1n) is 10.6. The van der Waals surface area contributed by atoms with Gasteiger partial charge in [-0.05, 0) is 61.4 Å². The normalized spacial score (nSPS) is 16.5. The SMILES string of the molecule is CS(=O)c1cccc(/C(N)=C(\CCC2CCOCC2)C(=O)Nc2nc3ncccc3[nH]2)c1. The Morgan fingerprint density at radius 1 is 1.28 bits per heavy atom. The number of anilines is 1. The number of ether oxygens (including phenoxy) is 1. The van der Waals surface area contributed by atoms with Crippen LogP contribution in [0.15, 0.2) is 53.1 Å². The zero-order chi connectivity index (χ0) is 22.5. The van der Waals surface area contributed by atoms with Crippen molar-refractivity contribution < 1.29 is 13.7 Å². The highest BCUT2D eigenvalue weighted by molar-refractivity contribution is 7.84. The Morgan fingerprint density at radius 3 is 2.84 bits per heavy atom. The third kappa shape index (κ3) is 5.23. The summed E-state index contributed by atoms with van der Waals surface area (Å²) in [7, 11) is -1.14. The lowest BCUT2D eigenvalue weighted by atomic mass is 9.91. The van der Waals surface area contributed by atoms with Crippen LogP contribution >= 0.6 is 0 Å². The van der Waals surface area contributed by atoms with E-state index in [1.807, 2.05) is 12.1 Å². The lowest BCUT2D eigenvalue weighted by Crippen LogP contribution is -2.21. The second kappa shape index (κ2) is 10.1. The van der Waals surface area contributed by atoms with Crippen molar-refractivity contribution in [2.24, 2.45) is 11.7 Å². The van der Waals surface area contributed by atoms with Gasteiger partial charge in [0.05, 0.1) is 5.52 Å².